The van der Waals surface area contributed by atoms with E-state index in [1.54, 1.807) is 24.3 Å². The number of nitrogens with zero attached hydrogens (tertiary/aromatic N) is 1. The summed E-state index contributed by atoms with van der Waals surface area (Å²) in [7, 11) is 1.88. The number of nitrogens with one attached hydrogen (secondary N) is 4. The standard InChI is InChI=1S/C36H50N6O6/c1-23(43)39-31(19-24-12-16-29(37)17-13-24)34(45)41-32(27-8-4-3-5-9-27)35(46)40-30(20-26-7-6-18-42(2)22-26)33(44)38-21-25-10-14-28(15-11-25)36(47)48/h6-7,12-13,16-18,22,25,27-28,30-32H,3-5,8-11,14-15,19-21,37H2,1-2H3,(H4-,38,39,40,41,43,44,45,46,47,48)/p+1/t25?,28?,30-,31-,32-/m0/s1. The maximum Gasteiger partial charge on any atom is 0.306 e. The molecule has 48 heavy (non-hydrogen) atoms. The van der Waals surface area contributed by atoms with Crippen LogP contribution in [-0.2, 0) is 43.9 Å². The number of nitrogens with two attached hydrogens (primary N) is 1. The van der Waals surface area contributed by atoms with E-state index < -0.39 is 35.9 Å². The molecule has 4 amide bonds. The van der Waals surface area contributed by atoms with Crippen molar-refractivity contribution in [1.29, 1.82) is 0 Å². The molecular weight excluding hydrogens is 612 g/mol. The number of benzene rings is 1. The average molecular weight is 664 g/mol. The van der Waals surface area contributed by atoms with Crippen molar-refractivity contribution in [2.24, 2.45) is 24.8 Å². The fourth-order valence-electron chi connectivity index (χ4n) is 6.92. The molecule has 4 rings (SSSR count). The second-order valence-electron chi connectivity index (χ2n) is 13.5. The number of hydrogen-bond donors (Lipinski definition) is 6. The third-order valence-corrected chi connectivity index (χ3v) is 9.65. The molecule has 12 heteroatoms. The molecule has 3 atom stereocenters. The van der Waals surface area contributed by atoms with E-state index in [0.717, 1.165) is 43.2 Å². The van der Waals surface area contributed by atoms with Gasteiger partial charge in [0, 0.05) is 43.6 Å². The van der Waals surface area contributed by atoms with Crippen LogP contribution in [0.15, 0.2) is 48.8 Å². The van der Waals surface area contributed by atoms with Crippen LogP contribution in [0.4, 0.5) is 5.69 Å². The average Bonchev–Trinajstić information content (AvgIpc) is 3.06. The number of nitrogen functional groups attached to an aromatic ring is 1. The first kappa shape index (κ1) is 36.4. The van der Waals surface area contributed by atoms with Crippen molar-refractivity contribution in [3.8, 4) is 0 Å². The van der Waals surface area contributed by atoms with Crippen LogP contribution < -0.4 is 31.6 Å². The van der Waals surface area contributed by atoms with Gasteiger partial charge in [-0.25, -0.2) is 4.57 Å². The van der Waals surface area contributed by atoms with Gasteiger partial charge in [-0.1, -0.05) is 31.4 Å². The highest BCUT2D eigenvalue weighted by Gasteiger charge is 2.36. The number of carboxylic acids is 1. The summed E-state index contributed by atoms with van der Waals surface area (Å²) in [5, 5.41) is 21.0. The highest BCUT2D eigenvalue weighted by Crippen LogP contribution is 2.29. The minimum absolute atomic E-state index is 0.125. The van der Waals surface area contributed by atoms with Gasteiger partial charge in [-0.2, -0.15) is 0 Å². The van der Waals surface area contributed by atoms with Crippen molar-refractivity contribution in [3.05, 3.63) is 59.9 Å². The number of carbonyl (C=O) groups is 5. The zero-order valence-corrected chi connectivity index (χ0v) is 28.1. The Labute approximate surface area is 282 Å². The lowest BCUT2D eigenvalue weighted by atomic mass is 9.82. The summed E-state index contributed by atoms with van der Waals surface area (Å²) in [6.07, 6.45) is 11.3. The number of aryl methyl sites for hydroxylation is 1. The Hall–Kier alpha value is -4.48. The molecule has 2 saturated carbocycles. The number of aromatic nitrogens is 1. The number of amides is 4. The predicted octanol–water partition coefficient (Wildman–Crippen LogP) is 1.94. The van der Waals surface area contributed by atoms with E-state index in [1.165, 1.54) is 6.92 Å². The van der Waals surface area contributed by atoms with Crippen molar-refractivity contribution in [2.75, 3.05) is 12.3 Å². The van der Waals surface area contributed by atoms with E-state index in [0.29, 0.717) is 37.9 Å². The Morgan fingerprint density at radius 2 is 1.46 bits per heavy atom. The molecule has 2 fully saturated rings. The van der Waals surface area contributed by atoms with Crippen molar-refractivity contribution in [1.82, 2.24) is 21.3 Å². The first-order chi connectivity index (χ1) is 23.0. The van der Waals surface area contributed by atoms with Crippen LogP contribution in [0.2, 0.25) is 0 Å². The SMILES string of the molecule is CC(=O)N[C@@H](Cc1ccc(N)cc1)C(=O)N[C@H](C(=O)N[C@@H](Cc1ccc[n+](C)c1)C(=O)NCC1CCC(C(=O)O)CC1)C1CCCCC1. The van der Waals surface area contributed by atoms with Crippen molar-refractivity contribution < 1.29 is 33.6 Å². The van der Waals surface area contributed by atoms with Gasteiger partial charge in [0.2, 0.25) is 23.6 Å². The van der Waals surface area contributed by atoms with Gasteiger partial charge in [0.05, 0.1) is 5.92 Å². The first-order valence-electron chi connectivity index (χ1n) is 17.2. The Morgan fingerprint density at radius 1 is 0.812 bits per heavy atom. The molecule has 1 aromatic heterocycles. The minimum atomic E-state index is -0.912. The molecule has 0 spiro atoms. The number of aliphatic carboxylic acids is 1. The van der Waals surface area contributed by atoms with E-state index in [1.807, 2.05) is 36.1 Å². The fourth-order valence-corrected chi connectivity index (χ4v) is 6.92. The van der Waals surface area contributed by atoms with Gasteiger partial charge in [-0.05, 0) is 74.1 Å². The minimum Gasteiger partial charge on any atom is -0.481 e. The van der Waals surface area contributed by atoms with E-state index >= 15 is 0 Å². The smallest absolute Gasteiger partial charge is 0.306 e. The molecule has 7 N–H and O–H groups in total. The lowest BCUT2D eigenvalue weighted by molar-refractivity contribution is -0.671. The van der Waals surface area contributed by atoms with Crippen molar-refractivity contribution in [2.45, 2.75) is 95.7 Å². The Kier molecular flexibility index (Phi) is 13.3. The van der Waals surface area contributed by atoms with Crippen molar-refractivity contribution >= 4 is 35.3 Å². The van der Waals surface area contributed by atoms with Gasteiger partial charge >= 0.3 is 5.97 Å². The van der Waals surface area contributed by atoms with Gasteiger partial charge in [0.25, 0.3) is 0 Å². The summed E-state index contributed by atoms with van der Waals surface area (Å²) in [6.45, 7) is 1.74. The van der Waals surface area contributed by atoms with E-state index in [9.17, 15) is 29.1 Å². The highest BCUT2D eigenvalue weighted by molar-refractivity contribution is 5.94. The van der Waals surface area contributed by atoms with Gasteiger partial charge in [-0.3, -0.25) is 24.0 Å². The molecular formula is C36H51N6O6+. The van der Waals surface area contributed by atoms with E-state index in [2.05, 4.69) is 21.3 Å². The summed E-state index contributed by atoms with van der Waals surface area (Å²) >= 11 is 0. The number of rotatable bonds is 14. The first-order valence-corrected chi connectivity index (χ1v) is 17.2. The van der Waals surface area contributed by atoms with E-state index in [-0.39, 0.29) is 42.4 Å². The lowest BCUT2D eigenvalue weighted by Crippen LogP contribution is -2.59. The van der Waals surface area contributed by atoms with E-state index in [4.69, 9.17) is 5.73 Å². The van der Waals surface area contributed by atoms with Crippen LogP contribution in [-0.4, -0.2) is 59.4 Å². The van der Waals surface area contributed by atoms with Gasteiger partial charge < -0.3 is 32.1 Å². The van der Waals surface area contributed by atoms with Crippen LogP contribution in [0.5, 0.6) is 0 Å². The Bertz CT molecular complexity index is 1420. The maximum atomic E-state index is 14.1. The molecule has 2 aromatic rings. The van der Waals surface area contributed by atoms with Crippen LogP contribution in [0.25, 0.3) is 0 Å². The topological polar surface area (TPSA) is 184 Å². The number of hydrogen-bond acceptors (Lipinski definition) is 6. The third-order valence-electron chi connectivity index (χ3n) is 9.65. The lowest BCUT2D eigenvalue weighted by Gasteiger charge is -2.32. The monoisotopic (exact) mass is 663 g/mol. The van der Waals surface area contributed by atoms with Gasteiger partial charge in [0.15, 0.2) is 12.4 Å². The summed E-state index contributed by atoms with van der Waals surface area (Å²) in [5.41, 5.74) is 8.07. The van der Waals surface area contributed by atoms with Crippen LogP contribution in [0.1, 0.15) is 75.8 Å². The zero-order chi connectivity index (χ0) is 34.6. The Morgan fingerprint density at radius 3 is 2.08 bits per heavy atom. The third kappa shape index (κ3) is 11.1. The number of carboxylic acid groups (broad SMARTS) is 1. The van der Waals surface area contributed by atoms with Crippen LogP contribution in [0.3, 0.4) is 0 Å². The Balaban J connectivity index is 1.50. The number of carbonyl (C=O) groups excluding carboxylic acids is 4. The van der Waals surface area contributed by atoms with Crippen LogP contribution in [0, 0.1) is 17.8 Å². The molecule has 0 bridgehead atoms. The zero-order valence-electron chi connectivity index (χ0n) is 28.1. The second-order valence-corrected chi connectivity index (χ2v) is 13.5. The molecule has 2 aliphatic carbocycles. The molecule has 260 valence electrons. The fraction of sp³-hybridized carbons (Fsp3) is 0.556. The summed E-state index contributed by atoms with van der Waals surface area (Å²) in [6, 6.07) is 8.12. The largest absolute Gasteiger partial charge is 0.481 e. The summed E-state index contributed by atoms with van der Waals surface area (Å²) in [4.78, 5) is 65.0. The van der Waals surface area contributed by atoms with Gasteiger partial charge in [0.1, 0.15) is 25.2 Å². The molecule has 2 aliphatic rings. The van der Waals surface area contributed by atoms with Crippen LogP contribution >= 0.6 is 0 Å². The number of anilines is 1. The maximum absolute atomic E-state index is 14.1. The quantitative estimate of drug-likeness (QED) is 0.132. The molecule has 1 heterocycles. The highest BCUT2D eigenvalue weighted by atomic mass is 16.4. The molecule has 0 saturated heterocycles. The molecule has 0 unspecified atom stereocenters. The summed E-state index contributed by atoms with van der Waals surface area (Å²) in [5.74, 6) is -2.68. The van der Waals surface area contributed by atoms with Crippen molar-refractivity contribution in [3.63, 3.8) is 0 Å². The predicted molar refractivity (Wildman–Crippen MR) is 180 cm³/mol. The molecule has 12 nitrogen and oxygen atoms in total. The second kappa shape index (κ2) is 17.6. The van der Waals surface area contributed by atoms with Gasteiger partial charge in [-0.15, -0.1) is 0 Å². The molecule has 0 radical (unpaired) electrons. The summed E-state index contributed by atoms with van der Waals surface area (Å²) < 4.78 is 1.88. The molecule has 0 aliphatic heterocycles. The number of pyridine rings is 1. The molecule has 1 aromatic carbocycles. The normalized spacial score (nSPS) is 20.0.